The van der Waals surface area contributed by atoms with E-state index in [-0.39, 0.29) is 11.6 Å². The van der Waals surface area contributed by atoms with E-state index in [9.17, 15) is 18.0 Å². The Morgan fingerprint density at radius 3 is 2.52 bits per heavy atom. The van der Waals surface area contributed by atoms with Crippen LogP contribution in [0.25, 0.3) is 0 Å². The molecule has 0 saturated heterocycles. The molecule has 0 saturated carbocycles. The number of aryl methyl sites for hydroxylation is 1. The third-order valence-corrected chi connectivity index (χ3v) is 3.96. The number of nitrogens with one attached hydrogen (secondary N) is 2. The van der Waals surface area contributed by atoms with Crippen molar-refractivity contribution in [3.8, 4) is 0 Å². The van der Waals surface area contributed by atoms with Crippen molar-refractivity contribution in [2.45, 2.75) is 20.3 Å². The second kappa shape index (κ2) is 7.07. The summed E-state index contributed by atoms with van der Waals surface area (Å²) in [7, 11) is -3.77. The molecule has 3 N–H and O–H groups in total. The standard InChI is InChI=1S/C13H18N2O5S/c1-3-14-13(18)10-5-4-9(2)11(8-10)15-21(19,20)7-6-12(16)17/h4-5,8,15H,3,6-7H2,1-2H3,(H,14,18)(H,16,17). The lowest BCUT2D eigenvalue weighted by atomic mass is 10.1. The molecule has 1 aromatic carbocycles. The summed E-state index contributed by atoms with van der Waals surface area (Å²) in [4.78, 5) is 22.2. The maximum atomic E-state index is 11.8. The van der Waals surface area contributed by atoms with Crippen LogP contribution in [-0.2, 0) is 14.8 Å². The van der Waals surface area contributed by atoms with Crippen LogP contribution in [0.15, 0.2) is 18.2 Å². The van der Waals surface area contributed by atoms with Gasteiger partial charge in [0, 0.05) is 12.1 Å². The molecule has 0 aliphatic heterocycles. The molecule has 116 valence electrons. The molecular formula is C13H18N2O5S. The van der Waals surface area contributed by atoms with Crippen molar-refractivity contribution >= 4 is 27.6 Å². The zero-order valence-corrected chi connectivity index (χ0v) is 12.7. The molecule has 1 rings (SSSR count). The molecule has 0 heterocycles. The van der Waals surface area contributed by atoms with Gasteiger partial charge in [-0.15, -0.1) is 0 Å². The van der Waals surface area contributed by atoms with Crippen LogP contribution in [0.2, 0.25) is 0 Å². The lowest BCUT2D eigenvalue weighted by Gasteiger charge is -2.11. The Kier molecular flexibility index (Phi) is 5.71. The maximum Gasteiger partial charge on any atom is 0.304 e. The summed E-state index contributed by atoms with van der Waals surface area (Å²) < 4.78 is 25.9. The van der Waals surface area contributed by atoms with Crippen LogP contribution in [0.5, 0.6) is 0 Å². The third-order valence-electron chi connectivity index (χ3n) is 2.69. The summed E-state index contributed by atoms with van der Waals surface area (Å²) in [6.45, 7) is 3.94. The quantitative estimate of drug-likeness (QED) is 0.694. The summed E-state index contributed by atoms with van der Waals surface area (Å²) in [6, 6.07) is 4.65. The molecule has 0 atom stereocenters. The number of sulfonamides is 1. The van der Waals surface area contributed by atoms with E-state index >= 15 is 0 Å². The van der Waals surface area contributed by atoms with Gasteiger partial charge in [0.1, 0.15) is 0 Å². The summed E-state index contributed by atoms with van der Waals surface area (Å²) >= 11 is 0. The number of hydrogen-bond donors (Lipinski definition) is 3. The van der Waals surface area contributed by atoms with E-state index < -0.39 is 28.2 Å². The molecule has 0 fully saturated rings. The molecule has 0 aliphatic rings. The maximum absolute atomic E-state index is 11.8. The molecular weight excluding hydrogens is 296 g/mol. The zero-order chi connectivity index (χ0) is 16.0. The van der Waals surface area contributed by atoms with Crippen molar-refractivity contribution in [2.24, 2.45) is 0 Å². The number of hydrogen-bond acceptors (Lipinski definition) is 4. The lowest BCUT2D eigenvalue weighted by molar-refractivity contribution is -0.136. The minimum Gasteiger partial charge on any atom is -0.481 e. The fraction of sp³-hybridized carbons (Fsp3) is 0.385. The van der Waals surface area contributed by atoms with E-state index in [2.05, 4.69) is 10.0 Å². The number of carboxylic acid groups (broad SMARTS) is 1. The Bertz CT molecular complexity index is 640. The Morgan fingerprint density at radius 1 is 1.29 bits per heavy atom. The van der Waals surface area contributed by atoms with Crippen LogP contribution >= 0.6 is 0 Å². The largest absolute Gasteiger partial charge is 0.481 e. The minimum atomic E-state index is -3.77. The van der Waals surface area contributed by atoms with Crippen LogP contribution in [0.4, 0.5) is 5.69 Å². The van der Waals surface area contributed by atoms with Gasteiger partial charge in [-0.25, -0.2) is 8.42 Å². The molecule has 8 heteroatoms. The SMILES string of the molecule is CCNC(=O)c1ccc(C)c(NS(=O)(=O)CCC(=O)O)c1. The number of rotatable bonds is 7. The van der Waals surface area contributed by atoms with Gasteiger partial charge in [-0.1, -0.05) is 6.07 Å². The van der Waals surface area contributed by atoms with Crippen molar-refractivity contribution in [3.05, 3.63) is 29.3 Å². The van der Waals surface area contributed by atoms with E-state index in [0.29, 0.717) is 17.7 Å². The lowest BCUT2D eigenvalue weighted by Crippen LogP contribution is -2.23. The second-order valence-electron chi connectivity index (χ2n) is 4.45. The first-order chi connectivity index (χ1) is 9.75. The topological polar surface area (TPSA) is 113 Å². The normalized spacial score (nSPS) is 11.0. The number of carbonyl (C=O) groups excluding carboxylic acids is 1. The van der Waals surface area contributed by atoms with Crippen molar-refractivity contribution in [3.63, 3.8) is 0 Å². The number of aliphatic carboxylic acids is 1. The number of amides is 1. The van der Waals surface area contributed by atoms with Gasteiger partial charge in [-0.05, 0) is 31.5 Å². The highest BCUT2D eigenvalue weighted by molar-refractivity contribution is 7.92. The number of carbonyl (C=O) groups is 2. The highest BCUT2D eigenvalue weighted by Gasteiger charge is 2.15. The minimum absolute atomic E-state index is 0.268. The fourth-order valence-electron chi connectivity index (χ4n) is 1.58. The highest BCUT2D eigenvalue weighted by atomic mass is 32.2. The molecule has 0 radical (unpaired) electrons. The van der Waals surface area contributed by atoms with Crippen molar-refractivity contribution in [1.82, 2.24) is 5.32 Å². The van der Waals surface area contributed by atoms with E-state index in [1.165, 1.54) is 6.07 Å². The summed E-state index contributed by atoms with van der Waals surface area (Å²) in [5.74, 6) is -2.01. The summed E-state index contributed by atoms with van der Waals surface area (Å²) in [6.07, 6.45) is -0.482. The fourth-order valence-corrected chi connectivity index (χ4v) is 2.68. The van der Waals surface area contributed by atoms with Crippen LogP contribution in [-0.4, -0.2) is 37.7 Å². The summed E-state index contributed by atoms with van der Waals surface area (Å²) in [5.41, 5.74) is 1.24. The van der Waals surface area contributed by atoms with Crippen molar-refractivity contribution in [1.29, 1.82) is 0 Å². The van der Waals surface area contributed by atoms with Gasteiger partial charge in [0.25, 0.3) is 5.91 Å². The van der Waals surface area contributed by atoms with Crippen LogP contribution in [0.1, 0.15) is 29.3 Å². The first-order valence-corrected chi connectivity index (χ1v) is 8.01. The number of benzene rings is 1. The van der Waals surface area contributed by atoms with E-state index in [1.54, 1.807) is 26.0 Å². The molecule has 1 amide bonds. The van der Waals surface area contributed by atoms with Gasteiger partial charge in [0.15, 0.2) is 0 Å². The molecule has 0 aromatic heterocycles. The van der Waals surface area contributed by atoms with Crippen LogP contribution < -0.4 is 10.0 Å². The van der Waals surface area contributed by atoms with Crippen molar-refractivity contribution < 1.29 is 23.1 Å². The van der Waals surface area contributed by atoms with Crippen LogP contribution in [0.3, 0.4) is 0 Å². The van der Waals surface area contributed by atoms with Gasteiger partial charge >= 0.3 is 5.97 Å². The molecule has 1 aromatic rings. The molecule has 21 heavy (non-hydrogen) atoms. The molecule has 0 unspecified atom stereocenters. The van der Waals surface area contributed by atoms with Crippen molar-refractivity contribution in [2.75, 3.05) is 17.0 Å². The predicted octanol–water partition coefficient (Wildman–Crippen LogP) is 0.961. The first kappa shape index (κ1) is 17.0. The average Bonchev–Trinajstić information content (AvgIpc) is 2.39. The van der Waals surface area contributed by atoms with E-state index in [4.69, 9.17) is 5.11 Å². The monoisotopic (exact) mass is 314 g/mol. The smallest absolute Gasteiger partial charge is 0.304 e. The first-order valence-electron chi connectivity index (χ1n) is 6.36. The number of carboxylic acids is 1. The van der Waals surface area contributed by atoms with E-state index in [0.717, 1.165) is 0 Å². The molecule has 0 aliphatic carbocycles. The second-order valence-corrected chi connectivity index (χ2v) is 6.30. The van der Waals surface area contributed by atoms with Gasteiger partial charge in [-0.2, -0.15) is 0 Å². The van der Waals surface area contributed by atoms with Gasteiger partial charge < -0.3 is 10.4 Å². The van der Waals surface area contributed by atoms with E-state index in [1.807, 2.05) is 0 Å². The third kappa shape index (κ3) is 5.42. The highest BCUT2D eigenvalue weighted by Crippen LogP contribution is 2.18. The van der Waals surface area contributed by atoms with Gasteiger partial charge in [0.05, 0.1) is 17.9 Å². The Balaban J connectivity index is 2.94. The predicted molar refractivity (Wildman–Crippen MR) is 78.8 cm³/mol. The molecule has 0 spiro atoms. The van der Waals surface area contributed by atoms with Gasteiger partial charge in [-0.3, -0.25) is 14.3 Å². The molecule has 0 bridgehead atoms. The Labute approximate surface area is 123 Å². The Hall–Kier alpha value is -2.09. The zero-order valence-electron chi connectivity index (χ0n) is 11.8. The number of anilines is 1. The average molecular weight is 314 g/mol. The van der Waals surface area contributed by atoms with Gasteiger partial charge in [0.2, 0.25) is 10.0 Å². The Morgan fingerprint density at radius 2 is 1.95 bits per heavy atom. The molecule has 7 nitrogen and oxygen atoms in total. The van der Waals surface area contributed by atoms with Crippen LogP contribution in [0, 0.1) is 6.92 Å². The summed E-state index contributed by atoms with van der Waals surface area (Å²) in [5, 5.41) is 11.1.